The quantitative estimate of drug-likeness (QED) is 0.704. The van der Waals surface area contributed by atoms with E-state index in [1.54, 1.807) is 24.3 Å². The molecule has 2 N–H and O–H groups in total. The number of anilines is 1. The van der Waals surface area contributed by atoms with Crippen LogP contribution < -0.4 is 10.0 Å². The van der Waals surface area contributed by atoms with Crippen LogP contribution in [-0.2, 0) is 10.0 Å². The van der Waals surface area contributed by atoms with Gasteiger partial charge in [0.25, 0.3) is 15.9 Å². The molecule has 1 aliphatic heterocycles. The Kier molecular flexibility index (Phi) is 7.12. The molecule has 1 atom stereocenters. The second-order valence-corrected chi connectivity index (χ2v) is 9.58. The van der Waals surface area contributed by atoms with Crippen LogP contribution in [-0.4, -0.2) is 69.9 Å². The zero-order chi connectivity index (χ0) is 21.7. The summed E-state index contributed by atoms with van der Waals surface area (Å²) in [5.74, 6) is -0.202. The molecule has 0 aliphatic carbocycles. The highest BCUT2D eigenvalue weighted by Crippen LogP contribution is 2.17. The lowest BCUT2D eigenvalue weighted by Crippen LogP contribution is -2.51. The molecule has 1 saturated heterocycles. The predicted molar refractivity (Wildman–Crippen MR) is 119 cm³/mol. The highest BCUT2D eigenvalue weighted by Gasteiger charge is 2.20. The number of piperazine rings is 1. The van der Waals surface area contributed by atoms with Crippen LogP contribution in [0.4, 0.5) is 5.69 Å². The second kappa shape index (κ2) is 9.59. The lowest BCUT2D eigenvalue weighted by molar-refractivity contribution is 0.0903. The third kappa shape index (κ3) is 5.81. The monoisotopic (exact) mass is 430 g/mol. The summed E-state index contributed by atoms with van der Waals surface area (Å²) in [5.41, 5.74) is 1.99. The summed E-state index contributed by atoms with van der Waals surface area (Å²) >= 11 is 0. The third-order valence-electron chi connectivity index (χ3n) is 5.45. The molecule has 0 aromatic heterocycles. The lowest BCUT2D eigenvalue weighted by Gasteiger charge is -2.36. The summed E-state index contributed by atoms with van der Waals surface area (Å²) in [5, 5.41) is 2.95. The standard InChI is InChI=1S/C22H30N4O3S/c1-17-4-8-20(9-5-17)24-30(28,29)21-10-6-19(7-11-21)22(27)23-16-18(2)26-14-12-25(3)13-15-26/h4-11,18,24H,12-16H2,1-3H3,(H,23,27). The zero-order valence-corrected chi connectivity index (χ0v) is 18.6. The molecule has 0 radical (unpaired) electrons. The molecule has 0 bridgehead atoms. The molecule has 0 saturated carbocycles. The van der Waals surface area contributed by atoms with E-state index in [9.17, 15) is 13.2 Å². The van der Waals surface area contributed by atoms with Gasteiger partial charge in [-0.1, -0.05) is 17.7 Å². The van der Waals surface area contributed by atoms with E-state index in [0.717, 1.165) is 31.7 Å². The molecule has 1 aliphatic rings. The Morgan fingerprint density at radius 3 is 2.20 bits per heavy atom. The van der Waals surface area contributed by atoms with Gasteiger partial charge in [0, 0.05) is 50.0 Å². The van der Waals surface area contributed by atoms with Gasteiger partial charge in [0.05, 0.1) is 4.90 Å². The van der Waals surface area contributed by atoms with Crippen LogP contribution in [0.3, 0.4) is 0 Å². The van der Waals surface area contributed by atoms with E-state index in [1.807, 2.05) is 19.1 Å². The van der Waals surface area contributed by atoms with E-state index in [4.69, 9.17) is 0 Å². The first kappa shape index (κ1) is 22.3. The fraction of sp³-hybridized carbons (Fsp3) is 0.409. The first-order valence-electron chi connectivity index (χ1n) is 10.1. The van der Waals surface area contributed by atoms with Crippen LogP contribution in [0.5, 0.6) is 0 Å². The largest absolute Gasteiger partial charge is 0.350 e. The third-order valence-corrected chi connectivity index (χ3v) is 6.85. The van der Waals surface area contributed by atoms with E-state index >= 15 is 0 Å². The topological polar surface area (TPSA) is 81.7 Å². The minimum absolute atomic E-state index is 0.116. The van der Waals surface area contributed by atoms with Gasteiger partial charge in [-0.25, -0.2) is 8.42 Å². The minimum Gasteiger partial charge on any atom is -0.350 e. The second-order valence-electron chi connectivity index (χ2n) is 7.89. The van der Waals surface area contributed by atoms with Crippen LogP contribution in [0.2, 0.25) is 0 Å². The maximum absolute atomic E-state index is 12.6. The minimum atomic E-state index is -3.71. The number of carbonyl (C=O) groups excluding carboxylic acids is 1. The van der Waals surface area contributed by atoms with Gasteiger partial charge in [0.15, 0.2) is 0 Å². The number of rotatable bonds is 7. The van der Waals surface area contributed by atoms with Gasteiger partial charge in [-0.2, -0.15) is 0 Å². The number of hydrogen-bond acceptors (Lipinski definition) is 5. The van der Waals surface area contributed by atoms with Crippen molar-refractivity contribution in [2.24, 2.45) is 0 Å². The Hall–Kier alpha value is -2.42. The first-order valence-corrected chi connectivity index (χ1v) is 11.6. The first-order chi connectivity index (χ1) is 14.2. The number of nitrogens with one attached hydrogen (secondary N) is 2. The lowest BCUT2D eigenvalue weighted by atomic mass is 10.2. The van der Waals surface area contributed by atoms with E-state index in [-0.39, 0.29) is 16.8 Å². The van der Waals surface area contributed by atoms with Crippen molar-refractivity contribution >= 4 is 21.6 Å². The van der Waals surface area contributed by atoms with Gasteiger partial charge in [-0.05, 0) is 57.3 Å². The smallest absolute Gasteiger partial charge is 0.261 e. The van der Waals surface area contributed by atoms with E-state index in [1.165, 1.54) is 12.1 Å². The van der Waals surface area contributed by atoms with E-state index in [0.29, 0.717) is 17.8 Å². The molecule has 0 spiro atoms. The molecular weight excluding hydrogens is 400 g/mol. The fourth-order valence-electron chi connectivity index (χ4n) is 3.36. The molecule has 1 unspecified atom stereocenters. The predicted octanol–water partition coefficient (Wildman–Crippen LogP) is 2.16. The van der Waals surface area contributed by atoms with Crippen molar-refractivity contribution in [3.8, 4) is 0 Å². The van der Waals surface area contributed by atoms with Crippen molar-refractivity contribution < 1.29 is 13.2 Å². The number of nitrogens with zero attached hydrogens (tertiary/aromatic N) is 2. The highest BCUT2D eigenvalue weighted by molar-refractivity contribution is 7.92. The number of sulfonamides is 1. The molecule has 2 aromatic carbocycles. The van der Waals surface area contributed by atoms with Crippen molar-refractivity contribution in [2.45, 2.75) is 24.8 Å². The van der Waals surface area contributed by atoms with Crippen molar-refractivity contribution in [1.29, 1.82) is 0 Å². The Bertz CT molecular complexity index is 951. The normalized spacial score (nSPS) is 16.8. The molecule has 162 valence electrons. The maximum Gasteiger partial charge on any atom is 0.261 e. The molecule has 30 heavy (non-hydrogen) atoms. The summed E-state index contributed by atoms with van der Waals surface area (Å²) in [6, 6.07) is 13.4. The van der Waals surface area contributed by atoms with Gasteiger partial charge in [0.1, 0.15) is 0 Å². The van der Waals surface area contributed by atoms with Crippen LogP contribution in [0.25, 0.3) is 0 Å². The van der Waals surface area contributed by atoms with Gasteiger partial charge in [-0.3, -0.25) is 14.4 Å². The fourth-order valence-corrected chi connectivity index (χ4v) is 4.41. The SMILES string of the molecule is Cc1ccc(NS(=O)(=O)c2ccc(C(=O)NCC(C)N3CCN(C)CC3)cc2)cc1. The summed E-state index contributed by atoms with van der Waals surface area (Å²) in [6.45, 7) is 8.65. The summed E-state index contributed by atoms with van der Waals surface area (Å²) in [6.07, 6.45) is 0. The number of amides is 1. The van der Waals surface area contributed by atoms with Crippen molar-refractivity contribution in [1.82, 2.24) is 15.1 Å². The van der Waals surface area contributed by atoms with Gasteiger partial charge in [0.2, 0.25) is 0 Å². The van der Waals surface area contributed by atoms with Crippen molar-refractivity contribution in [3.05, 3.63) is 59.7 Å². The van der Waals surface area contributed by atoms with E-state index < -0.39 is 10.0 Å². The molecule has 1 heterocycles. The number of aryl methyl sites for hydroxylation is 1. The number of carbonyl (C=O) groups is 1. The van der Waals surface area contributed by atoms with Crippen molar-refractivity contribution in [2.75, 3.05) is 44.5 Å². The van der Waals surface area contributed by atoms with Crippen LogP contribution in [0.1, 0.15) is 22.8 Å². The number of likely N-dealkylation sites (N-methyl/N-ethyl adjacent to an activating group) is 1. The van der Waals surface area contributed by atoms with Crippen molar-refractivity contribution in [3.63, 3.8) is 0 Å². The van der Waals surface area contributed by atoms with Gasteiger partial charge in [-0.15, -0.1) is 0 Å². The van der Waals surface area contributed by atoms with Crippen LogP contribution in [0.15, 0.2) is 53.4 Å². The Morgan fingerprint density at radius 2 is 1.60 bits per heavy atom. The van der Waals surface area contributed by atoms with Crippen LogP contribution >= 0.6 is 0 Å². The molecule has 1 amide bonds. The summed E-state index contributed by atoms with van der Waals surface area (Å²) in [4.78, 5) is 17.2. The molecule has 8 heteroatoms. The molecule has 2 aromatic rings. The average Bonchev–Trinajstić information content (AvgIpc) is 2.74. The maximum atomic E-state index is 12.6. The van der Waals surface area contributed by atoms with Crippen LogP contribution in [0, 0.1) is 6.92 Å². The Morgan fingerprint density at radius 1 is 1.00 bits per heavy atom. The van der Waals surface area contributed by atoms with E-state index in [2.05, 4.69) is 33.8 Å². The highest BCUT2D eigenvalue weighted by atomic mass is 32.2. The number of benzene rings is 2. The summed E-state index contributed by atoms with van der Waals surface area (Å²) < 4.78 is 27.7. The number of hydrogen-bond donors (Lipinski definition) is 2. The Balaban J connectivity index is 1.56. The molecule has 3 rings (SSSR count). The molecule has 1 fully saturated rings. The zero-order valence-electron chi connectivity index (χ0n) is 17.8. The molecule has 7 nitrogen and oxygen atoms in total. The average molecular weight is 431 g/mol. The van der Waals surface area contributed by atoms with Gasteiger partial charge >= 0.3 is 0 Å². The molecular formula is C22H30N4O3S. The Labute approximate surface area is 179 Å². The summed E-state index contributed by atoms with van der Waals surface area (Å²) in [7, 11) is -1.59. The van der Waals surface area contributed by atoms with Gasteiger partial charge < -0.3 is 10.2 Å².